The number of carbonyl (C=O) groups excluding carboxylic acids is 1. The van der Waals surface area contributed by atoms with Gasteiger partial charge in [0.15, 0.2) is 0 Å². The molecule has 17 heavy (non-hydrogen) atoms. The third-order valence-electron chi connectivity index (χ3n) is 2.26. The molecule has 0 bridgehead atoms. The first-order chi connectivity index (χ1) is 8.08. The summed E-state index contributed by atoms with van der Waals surface area (Å²) in [4.78, 5) is 25.4. The van der Waals surface area contributed by atoms with E-state index in [-0.39, 0.29) is 22.4 Å². The van der Waals surface area contributed by atoms with Gasteiger partial charge in [0.2, 0.25) is 0 Å². The summed E-state index contributed by atoms with van der Waals surface area (Å²) in [5, 5.41) is 13.4. The van der Waals surface area contributed by atoms with Crippen LogP contribution in [0.15, 0.2) is 12.3 Å². The van der Waals surface area contributed by atoms with Crippen molar-refractivity contribution in [1.82, 2.24) is 10.3 Å². The first-order valence-electron chi connectivity index (χ1n) is 4.76. The maximum Gasteiger partial charge on any atom is 0.300 e. The zero-order valence-electron chi connectivity index (χ0n) is 8.55. The minimum absolute atomic E-state index is 0.0330. The molecule has 1 aliphatic rings. The molecule has 0 aromatic carbocycles. The van der Waals surface area contributed by atoms with Crippen molar-refractivity contribution in [3.05, 3.63) is 33.1 Å². The molecule has 2 heterocycles. The van der Waals surface area contributed by atoms with Gasteiger partial charge in [-0.15, -0.1) is 0 Å². The fourth-order valence-corrected chi connectivity index (χ4v) is 1.49. The monoisotopic (exact) mass is 257 g/mol. The van der Waals surface area contributed by atoms with Crippen LogP contribution < -0.4 is 5.32 Å². The third kappa shape index (κ3) is 2.51. The lowest BCUT2D eigenvalue weighted by molar-refractivity contribution is -0.385. The number of pyridine rings is 1. The number of halogens is 1. The van der Waals surface area contributed by atoms with Gasteiger partial charge in [-0.1, -0.05) is 11.6 Å². The molecule has 2 rings (SSSR count). The van der Waals surface area contributed by atoms with E-state index in [1.54, 1.807) is 0 Å². The van der Waals surface area contributed by atoms with Crippen molar-refractivity contribution in [1.29, 1.82) is 0 Å². The van der Waals surface area contributed by atoms with Crippen LogP contribution in [0.4, 0.5) is 5.69 Å². The van der Waals surface area contributed by atoms with Crippen LogP contribution in [0, 0.1) is 10.1 Å². The summed E-state index contributed by atoms with van der Waals surface area (Å²) in [6.07, 6.45) is 0.967. The smallest absolute Gasteiger partial charge is 0.300 e. The largest absolute Gasteiger partial charge is 0.377 e. The molecule has 1 saturated heterocycles. The Hall–Kier alpha value is -1.73. The molecule has 1 N–H and O–H groups in total. The Morgan fingerprint density at radius 3 is 2.88 bits per heavy atom. The molecule has 7 nitrogen and oxygen atoms in total. The van der Waals surface area contributed by atoms with Gasteiger partial charge in [0, 0.05) is 0 Å². The van der Waals surface area contributed by atoms with Gasteiger partial charge >= 0.3 is 0 Å². The fraction of sp³-hybridized carbons (Fsp3) is 0.333. The minimum atomic E-state index is -0.671. The molecule has 1 amide bonds. The highest BCUT2D eigenvalue weighted by molar-refractivity contribution is 6.29. The van der Waals surface area contributed by atoms with Crippen molar-refractivity contribution < 1.29 is 14.5 Å². The summed E-state index contributed by atoms with van der Waals surface area (Å²) in [7, 11) is 0. The van der Waals surface area contributed by atoms with E-state index in [1.807, 2.05) is 0 Å². The number of nitro groups is 1. The Labute approximate surface area is 101 Å². The number of hydrogen-bond donors (Lipinski definition) is 1. The van der Waals surface area contributed by atoms with Crippen molar-refractivity contribution in [3.63, 3.8) is 0 Å². The fourth-order valence-electron chi connectivity index (χ4n) is 1.33. The summed E-state index contributed by atoms with van der Waals surface area (Å²) in [6.45, 7) is 0.830. The second kappa shape index (κ2) is 4.64. The average Bonchev–Trinajstić information content (AvgIpc) is 2.22. The molecule has 0 spiro atoms. The molecule has 0 unspecified atom stereocenters. The first-order valence-corrected chi connectivity index (χ1v) is 5.14. The zero-order valence-corrected chi connectivity index (χ0v) is 9.31. The Morgan fingerprint density at radius 1 is 1.65 bits per heavy atom. The molecule has 1 fully saturated rings. The van der Waals surface area contributed by atoms with Gasteiger partial charge in [0.1, 0.15) is 16.9 Å². The molecule has 0 aliphatic carbocycles. The number of nitrogens with one attached hydrogen (secondary N) is 1. The highest BCUT2D eigenvalue weighted by Gasteiger charge is 2.26. The van der Waals surface area contributed by atoms with E-state index in [1.165, 1.54) is 6.07 Å². The Bertz CT molecular complexity index is 475. The molecule has 8 heteroatoms. The van der Waals surface area contributed by atoms with Crippen LogP contribution in [0.2, 0.25) is 5.15 Å². The van der Waals surface area contributed by atoms with E-state index in [9.17, 15) is 14.9 Å². The Kier molecular flexibility index (Phi) is 3.21. The molecule has 0 atom stereocenters. The summed E-state index contributed by atoms with van der Waals surface area (Å²) < 4.78 is 4.89. The highest BCUT2D eigenvalue weighted by Crippen LogP contribution is 2.20. The van der Waals surface area contributed by atoms with Crippen LogP contribution in [0.3, 0.4) is 0 Å². The third-order valence-corrected chi connectivity index (χ3v) is 2.47. The van der Waals surface area contributed by atoms with Crippen LogP contribution >= 0.6 is 11.6 Å². The van der Waals surface area contributed by atoms with Crippen molar-refractivity contribution in [2.75, 3.05) is 13.2 Å². The highest BCUT2D eigenvalue weighted by atomic mass is 35.5. The van der Waals surface area contributed by atoms with Crippen LogP contribution in [0.1, 0.15) is 10.4 Å². The zero-order chi connectivity index (χ0) is 12.4. The van der Waals surface area contributed by atoms with E-state index < -0.39 is 10.8 Å². The number of rotatable bonds is 3. The van der Waals surface area contributed by atoms with Crippen molar-refractivity contribution >= 4 is 23.2 Å². The van der Waals surface area contributed by atoms with E-state index in [0.29, 0.717) is 13.2 Å². The minimum Gasteiger partial charge on any atom is -0.377 e. The number of amides is 1. The summed E-state index contributed by atoms with van der Waals surface area (Å²) >= 11 is 5.61. The molecule has 1 aromatic heterocycles. The number of hydrogen-bond acceptors (Lipinski definition) is 5. The maximum absolute atomic E-state index is 11.8. The molecule has 90 valence electrons. The topological polar surface area (TPSA) is 94.4 Å². The van der Waals surface area contributed by atoms with Crippen LogP contribution in [-0.2, 0) is 4.74 Å². The second-order valence-electron chi connectivity index (χ2n) is 3.49. The van der Waals surface area contributed by atoms with E-state index in [0.717, 1.165) is 6.20 Å². The van der Waals surface area contributed by atoms with Gasteiger partial charge < -0.3 is 10.1 Å². The standard InChI is InChI=1S/C9H8ClN3O4/c10-8-1-6(7(2-11-8)13(15)16)9(14)12-5-3-17-4-5/h1-2,5H,3-4H2,(H,12,14). The number of nitrogens with zero attached hydrogens (tertiary/aromatic N) is 2. The van der Waals surface area contributed by atoms with Gasteiger partial charge in [-0.05, 0) is 6.07 Å². The van der Waals surface area contributed by atoms with Gasteiger partial charge in [-0.2, -0.15) is 0 Å². The van der Waals surface area contributed by atoms with E-state index >= 15 is 0 Å². The molecular formula is C9H8ClN3O4. The summed E-state index contributed by atoms with van der Waals surface area (Å²) in [5.74, 6) is -0.547. The lowest BCUT2D eigenvalue weighted by Gasteiger charge is -2.26. The van der Waals surface area contributed by atoms with Crippen LogP contribution in [0.5, 0.6) is 0 Å². The summed E-state index contributed by atoms with van der Waals surface area (Å²) in [6, 6.07) is 1.07. The van der Waals surface area contributed by atoms with Crippen LogP contribution in [0.25, 0.3) is 0 Å². The molecular weight excluding hydrogens is 250 g/mol. The predicted molar refractivity (Wildman–Crippen MR) is 58.0 cm³/mol. The van der Waals surface area contributed by atoms with E-state index in [2.05, 4.69) is 10.3 Å². The number of aromatic nitrogens is 1. The lowest BCUT2D eigenvalue weighted by atomic mass is 10.2. The average molecular weight is 258 g/mol. The normalized spacial score (nSPS) is 15.1. The Balaban J connectivity index is 2.25. The van der Waals surface area contributed by atoms with Crippen molar-refractivity contribution in [2.24, 2.45) is 0 Å². The molecule has 0 radical (unpaired) electrons. The van der Waals surface area contributed by atoms with Crippen molar-refractivity contribution in [2.45, 2.75) is 6.04 Å². The van der Waals surface area contributed by atoms with Crippen molar-refractivity contribution in [3.8, 4) is 0 Å². The molecule has 1 aliphatic heterocycles. The van der Waals surface area contributed by atoms with Gasteiger partial charge in [-0.25, -0.2) is 4.98 Å². The predicted octanol–water partition coefficient (Wildman–Crippen LogP) is 0.772. The summed E-state index contributed by atoms with van der Waals surface area (Å²) in [5.41, 5.74) is -0.464. The Morgan fingerprint density at radius 2 is 2.35 bits per heavy atom. The number of carbonyl (C=O) groups is 1. The SMILES string of the molecule is O=C(NC1COC1)c1cc(Cl)ncc1[N+](=O)[O-]. The number of ether oxygens (including phenoxy) is 1. The first kappa shape index (κ1) is 11.7. The van der Waals surface area contributed by atoms with E-state index in [4.69, 9.17) is 16.3 Å². The van der Waals surface area contributed by atoms with Crippen LogP contribution in [-0.4, -0.2) is 35.1 Å². The van der Waals surface area contributed by atoms with Gasteiger partial charge in [-0.3, -0.25) is 14.9 Å². The van der Waals surface area contributed by atoms with Gasteiger partial charge in [0.05, 0.1) is 24.2 Å². The van der Waals surface area contributed by atoms with Gasteiger partial charge in [0.25, 0.3) is 11.6 Å². The lowest BCUT2D eigenvalue weighted by Crippen LogP contribution is -2.48. The molecule has 1 aromatic rings. The molecule has 0 saturated carbocycles. The second-order valence-corrected chi connectivity index (χ2v) is 3.88. The maximum atomic E-state index is 11.8. The quantitative estimate of drug-likeness (QED) is 0.490.